The molecule has 2 N–H and O–H groups in total. The lowest BCUT2D eigenvalue weighted by molar-refractivity contribution is -0.225. The van der Waals surface area contributed by atoms with Crippen molar-refractivity contribution in [3.8, 4) is 0 Å². The lowest BCUT2D eigenvalue weighted by atomic mass is 9.62. The number of carbonyl (C=O) groups excluding carboxylic acids is 3. The third kappa shape index (κ3) is 7.73. The number of carbonyl (C=O) groups is 3. The number of aliphatic hydroxyl groups excluding tert-OH is 1. The molecular formula is C39H52IN3O8. The third-order valence-electron chi connectivity index (χ3n) is 11.0. The summed E-state index contributed by atoms with van der Waals surface area (Å²) in [6, 6.07) is 15.5. The molecule has 4 fully saturated rings. The Labute approximate surface area is 314 Å². The van der Waals surface area contributed by atoms with Crippen molar-refractivity contribution in [2.45, 2.75) is 127 Å². The minimum Gasteiger partial charge on any atom is -0.458 e. The van der Waals surface area contributed by atoms with Crippen molar-refractivity contribution in [1.29, 1.82) is 0 Å². The summed E-state index contributed by atoms with van der Waals surface area (Å²) in [5, 5.41) is 13.9. The van der Waals surface area contributed by atoms with Crippen LogP contribution in [-0.2, 0) is 46.4 Å². The van der Waals surface area contributed by atoms with Crippen LogP contribution in [0.3, 0.4) is 0 Å². The van der Waals surface area contributed by atoms with Crippen molar-refractivity contribution in [3.05, 3.63) is 69.3 Å². The van der Waals surface area contributed by atoms with Crippen LogP contribution in [-0.4, -0.2) is 95.3 Å². The molecule has 2 aromatic rings. The molecule has 6 rings (SSSR count). The lowest BCUT2D eigenvalue weighted by Gasteiger charge is -2.50. The molecule has 12 heteroatoms. The Bertz CT molecular complexity index is 1520. The van der Waals surface area contributed by atoms with E-state index >= 15 is 4.79 Å². The molecular weight excluding hydrogens is 765 g/mol. The minimum absolute atomic E-state index is 0.0524. The maximum atomic E-state index is 15.4. The van der Waals surface area contributed by atoms with Gasteiger partial charge in [0.05, 0.1) is 13.2 Å². The van der Waals surface area contributed by atoms with E-state index in [2.05, 4.69) is 41.8 Å². The smallest absolute Gasteiger partial charge is 0.327 e. The van der Waals surface area contributed by atoms with E-state index in [0.717, 1.165) is 53.2 Å². The van der Waals surface area contributed by atoms with Crippen LogP contribution in [0, 0.1) is 8.99 Å². The van der Waals surface area contributed by atoms with Crippen LogP contribution >= 0.6 is 22.6 Å². The average Bonchev–Trinajstić information content (AvgIpc) is 3.68. The minimum atomic E-state index is -1.41. The molecule has 2 amide bonds. The molecule has 7 atom stereocenters. The topological polar surface area (TPSA) is 127 Å². The number of fused-ring (bicyclic) bond motifs is 4. The SMILES string of the molecule is CCCCCC1(CCCCC)O[C@@H]2[C@H](O1)[C@H]1ON(Cc3cccc(I)c3)[C@@H]3C(=O)O[C@@H]2C[C@]13C(=O)N(C)[C@H](Cc1ccccc1)C(=O)NCCO. The Morgan fingerprint density at radius 1 is 1.00 bits per heavy atom. The van der Waals surface area contributed by atoms with Crippen molar-refractivity contribution in [1.82, 2.24) is 15.3 Å². The van der Waals surface area contributed by atoms with Gasteiger partial charge in [-0.05, 0) is 58.7 Å². The second-order valence-corrected chi connectivity index (χ2v) is 15.7. The molecule has 3 saturated heterocycles. The monoisotopic (exact) mass is 817 g/mol. The lowest BCUT2D eigenvalue weighted by Crippen LogP contribution is -2.70. The third-order valence-corrected chi connectivity index (χ3v) is 11.6. The first kappa shape index (κ1) is 38.1. The maximum absolute atomic E-state index is 15.4. The molecule has 0 unspecified atom stereocenters. The van der Waals surface area contributed by atoms with E-state index in [1.54, 1.807) is 12.1 Å². The van der Waals surface area contributed by atoms with Gasteiger partial charge < -0.3 is 29.5 Å². The molecule has 1 saturated carbocycles. The van der Waals surface area contributed by atoms with Gasteiger partial charge in [-0.1, -0.05) is 82.0 Å². The quantitative estimate of drug-likeness (QED) is 0.130. The fourth-order valence-corrected chi connectivity index (χ4v) is 9.11. The number of amides is 2. The number of aliphatic hydroxyl groups is 1. The van der Waals surface area contributed by atoms with Gasteiger partial charge in [-0.25, -0.2) is 0 Å². The number of hydrogen-bond acceptors (Lipinski definition) is 9. The molecule has 3 heterocycles. The molecule has 1 aliphatic carbocycles. The van der Waals surface area contributed by atoms with E-state index in [-0.39, 0.29) is 44.4 Å². The predicted octanol–water partition coefficient (Wildman–Crippen LogP) is 4.91. The number of rotatable bonds is 17. The highest BCUT2D eigenvalue weighted by atomic mass is 127. The number of nitrogens with one attached hydrogen (secondary N) is 1. The highest BCUT2D eigenvalue weighted by Gasteiger charge is 2.76. The summed E-state index contributed by atoms with van der Waals surface area (Å²) in [6.07, 6.45) is 5.02. The number of ether oxygens (including phenoxy) is 3. The van der Waals surface area contributed by atoms with E-state index in [4.69, 9.17) is 19.0 Å². The molecule has 51 heavy (non-hydrogen) atoms. The molecule has 0 aromatic heterocycles. The van der Waals surface area contributed by atoms with Crippen molar-refractivity contribution in [2.75, 3.05) is 20.2 Å². The zero-order valence-corrected chi connectivity index (χ0v) is 32.1. The molecule has 278 valence electrons. The van der Waals surface area contributed by atoms with E-state index in [9.17, 15) is 14.7 Å². The van der Waals surface area contributed by atoms with Crippen molar-refractivity contribution < 1.29 is 38.5 Å². The van der Waals surface area contributed by atoms with Crippen LogP contribution in [0.2, 0.25) is 0 Å². The van der Waals surface area contributed by atoms with Crippen LogP contribution in [0.25, 0.3) is 0 Å². The first-order valence-electron chi connectivity index (χ1n) is 18.6. The number of nitrogens with zero attached hydrogens (tertiary/aromatic N) is 2. The van der Waals surface area contributed by atoms with Crippen LogP contribution in [0.4, 0.5) is 0 Å². The van der Waals surface area contributed by atoms with Gasteiger partial charge in [-0.15, -0.1) is 0 Å². The number of halogens is 1. The van der Waals surface area contributed by atoms with Crippen LogP contribution in [0.1, 0.15) is 82.8 Å². The number of likely N-dealkylation sites (N-methyl/N-ethyl adjacent to an activating group) is 1. The summed E-state index contributed by atoms with van der Waals surface area (Å²) in [5.74, 6) is -2.18. The number of esters is 1. The zero-order valence-electron chi connectivity index (χ0n) is 29.9. The van der Waals surface area contributed by atoms with Gasteiger partial charge in [0.1, 0.15) is 35.9 Å². The highest BCUT2D eigenvalue weighted by molar-refractivity contribution is 14.1. The van der Waals surface area contributed by atoms with Crippen LogP contribution in [0.15, 0.2) is 54.6 Å². The van der Waals surface area contributed by atoms with Crippen LogP contribution < -0.4 is 5.32 Å². The van der Waals surface area contributed by atoms with Crippen molar-refractivity contribution in [3.63, 3.8) is 0 Å². The van der Waals surface area contributed by atoms with Crippen molar-refractivity contribution in [2.24, 2.45) is 5.41 Å². The Morgan fingerprint density at radius 2 is 1.69 bits per heavy atom. The predicted molar refractivity (Wildman–Crippen MR) is 198 cm³/mol. The van der Waals surface area contributed by atoms with Gasteiger partial charge in [0.15, 0.2) is 11.8 Å². The summed E-state index contributed by atoms with van der Waals surface area (Å²) in [6.45, 7) is 4.40. The summed E-state index contributed by atoms with van der Waals surface area (Å²) < 4.78 is 21.2. The number of hydrogen-bond donors (Lipinski definition) is 2. The summed E-state index contributed by atoms with van der Waals surface area (Å²) in [7, 11) is 1.62. The second kappa shape index (κ2) is 16.6. The summed E-state index contributed by atoms with van der Waals surface area (Å²) in [5.41, 5.74) is 0.390. The zero-order chi connectivity index (χ0) is 36.2. The van der Waals surface area contributed by atoms with E-state index < -0.39 is 53.7 Å². The molecule has 2 bridgehead atoms. The Kier molecular flexibility index (Phi) is 12.4. The van der Waals surface area contributed by atoms with Gasteiger partial charge in [-0.2, -0.15) is 5.06 Å². The first-order valence-corrected chi connectivity index (χ1v) is 19.7. The van der Waals surface area contributed by atoms with Gasteiger partial charge in [0.2, 0.25) is 11.8 Å². The average molecular weight is 818 g/mol. The Morgan fingerprint density at radius 3 is 2.35 bits per heavy atom. The number of benzene rings is 2. The maximum Gasteiger partial charge on any atom is 0.327 e. The first-order chi connectivity index (χ1) is 24.7. The fourth-order valence-electron chi connectivity index (χ4n) is 8.50. The molecule has 0 radical (unpaired) electrons. The van der Waals surface area contributed by atoms with Gasteiger partial charge >= 0.3 is 5.97 Å². The molecule has 3 aliphatic heterocycles. The Balaban J connectivity index is 1.40. The summed E-state index contributed by atoms with van der Waals surface area (Å²) >= 11 is 2.25. The highest BCUT2D eigenvalue weighted by Crippen LogP contribution is 2.58. The largest absolute Gasteiger partial charge is 0.458 e. The molecule has 11 nitrogen and oxygen atoms in total. The van der Waals surface area contributed by atoms with E-state index in [1.165, 1.54) is 4.90 Å². The van der Waals surface area contributed by atoms with E-state index in [1.807, 2.05) is 54.6 Å². The molecule has 0 spiro atoms. The Hall–Kier alpha value is -2.62. The fraction of sp³-hybridized carbons (Fsp3) is 0.615. The molecule has 2 aromatic carbocycles. The van der Waals surface area contributed by atoms with Gasteiger partial charge in [0.25, 0.3) is 0 Å². The van der Waals surface area contributed by atoms with Crippen molar-refractivity contribution >= 4 is 40.4 Å². The number of unbranched alkanes of at least 4 members (excludes halogenated alkanes) is 4. The van der Waals surface area contributed by atoms with Gasteiger partial charge in [-0.3, -0.25) is 19.2 Å². The summed E-state index contributed by atoms with van der Waals surface area (Å²) in [4.78, 5) is 51.6. The van der Waals surface area contributed by atoms with E-state index in [0.29, 0.717) is 12.8 Å². The normalized spacial score (nSPS) is 28.2. The molecule has 4 aliphatic rings. The number of hydroxylamine groups is 2. The van der Waals surface area contributed by atoms with Gasteiger partial charge in [0, 0.05) is 42.8 Å². The standard InChI is InChI=1S/C39H52IN3O8/c1-4-6-11-18-38(19-12-7-5-2)49-31-30-24-39(37(47)42(3)29(35(45)41-20-21-44)23-26-14-9-8-10-15-26)33(36(46)48-30)43(51-34(39)32(31)50-38)25-27-16-13-17-28(40)22-27/h8-10,13-17,22,29-34,44H,4-7,11-12,18-21,23-25H2,1-3H3,(H,41,45)/t29-,30-,31+,32+,33-,34-,39-/m1/s1. The second-order valence-electron chi connectivity index (χ2n) is 14.5. The van der Waals surface area contributed by atoms with Crippen LogP contribution in [0.5, 0.6) is 0 Å².